The second kappa shape index (κ2) is 2.15. The first-order valence-electron chi connectivity index (χ1n) is 4.76. The molecule has 4 fully saturated rings. The van der Waals surface area contributed by atoms with Gasteiger partial charge in [-0.25, -0.2) is 0 Å². The molecule has 4 saturated heterocycles. The van der Waals surface area contributed by atoms with Crippen molar-refractivity contribution >= 4 is 27.3 Å². The van der Waals surface area contributed by atoms with Crippen LogP contribution in [0.25, 0.3) is 0 Å². The van der Waals surface area contributed by atoms with Crippen LogP contribution in [-0.4, -0.2) is 16.2 Å². The first-order chi connectivity index (χ1) is 5.23. The Bertz CT molecular complexity index is 157. The Morgan fingerprint density at radius 3 is 2.27 bits per heavy atom. The van der Waals surface area contributed by atoms with Crippen molar-refractivity contribution in [3.8, 4) is 0 Å². The van der Waals surface area contributed by atoms with Gasteiger partial charge in [-0.05, 0) is 30.3 Å². The Kier molecular flexibility index (Phi) is 1.40. The molecule has 60 valence electrons. The van der Waals surface area contributed by atoms with Gasteiger partial charge >= 0.3 is 8.80 Å². The van der Waals surface area contributed by atoms with Gasteiger partial charge in [0.05, 0.1) is 17.8 Å². The van der Waals surface area contributed by atoms with Crippen LogP contribution < -0.4 is 0 Å². The zero-order chi connectivity index (χ0) is 7.47. The third-order valence-electron chi connectivity index (χ3n) is 3.70. The summed E-state index contributed by atoms with van der Waals surface area (Å²) in [6.07, 6.45) is 1.57. The first-order valence-corrected chi connectivity index (χ1v) is 10.5. The molecular formula is C8H14ClSi2+. The Hall–Kier alpha value is 0.724. The van der Waals surface area contributed by atoms with E-state index in [2.05, 4.69) is 0 Å². The van der Waals surface area contributed by atoms with Crippen LogP contribution >= 0.6 is 11.1 Å². The fourth-order valence-corrected chi connectivity index (χ4v) is 18.5. The monoisotopic (exact) mass is 201 g/mol. The van der Waals surface area contributed by atoms with Crippen LogP contribution in [0, 0.1) is 11.8 Å². The van der Waals surface area contributed by atoms with Gasteiger partial charge in [-0.2, -0.15) is 11.1 Å². The Morgan fingerprint density at radius 1 is 1.18 bits per heavy atom. The zero-order valence-corrected chi connectivity index (χ0v) is 9.53. The van der Waals surface area contributed by atoms with Gasteiger partial charge in [-0.3, -0.25) is 0 Å². The molecule has 4 bridgehead atoms. The van der Waals surface area contributed by atoms with Gasteiger partial charge in [-0.15, -0.1) is 0 Å². The van der Waals surface area contributed by atoms with E-state index >= 15 is 0 Å². The second-order valence-electron chi connectivity index (χ2n) is 4.86. The van der Waals surface area contributed by atoms with Gasteiger partial charge in [0, 0.05) is 0 Å². The molecule has 0 aromatic heterocycles. The minimum absolute atomic E-state index is 0.124. The lowest BCUT2D eigenvalue weighted by atomic mass is 9.98. The normalized spacial score (nSPS) is 53.7. The van der Waals surface area contributed by atoms with E-state index in [0.29, 0.717) is 0 Å². The summed E-state index contributed by atoms with van der Waals surface area (Å²) in [5, 5.41) is 0. The van der Waals surface area contributed by atoms with Crippen LogP contribution in [0.5, 0.6) is 0 Å². The van der Waals surface area contributed by atoms with Crippen LogP contribution in [-0.2, 0) is 0 Å². The molecule has 4 aliphatic heterocycles. The van der Waals surface area contributed by atoms with Crippen molar-refractivity contribution in [2.45, 2.75) is 36.3 Å². The Balaban J connectivity index is 1.94. The van der Waals surface area contributed by atoms with Crippen LogP contribution in [0.4, 0.5) is 0 Å². The lowest BCUT2D eigenvalue weighted by Crippen LogP contribution is -2.52. The van der Waals surface area contributed by atoms with Crippen molar-refractivity contribution in [2.24, 2.45) is 11.8 Å². The molecule has 4 aliphatic rings. The molecule has 3 atom stereocenters. The molecule has 3 heteroatoms. The smallest absolute Gasteiger partial charge is 0.164 e. The number of halogens is 1. The summed E-state index contributed by atoms with van der Waals surface area (Å²) in [5.74, 6) is 2.24. The summed E-state index contributed by atoms with van der Waals surface area (Å²) >= 11 is 6.70. The average Bonchev–Trinajstić information content (AvgIpc) is 1.79. The van der Waals surface area contributed by atoms with Crippen molar-refractivity contribution in [1.29, 1.82) is 0 Å². The number of rotatable bonds is 0. The summed E-state index contributed by atoms with van der Waals surface area (Å²) in [4.78, 5) is 0. The molecule has 0 N–H and O–H groups in total. The van der Waals surface area contributed by atoms with E-state index in [9.17, 15) is 0 Å². The summed E-state index contributed by atoms with van der Waals surface area (Å²) in [6.45, 7) is 0. The predicted molar refractivity (Wildman–Crippen MR) is 53.0 cm³/mol. The molecule has 0 nitrogen and oxygen atoms in total. The summed E-state index contributed by atoms with van der Waals surface area (Å²) in [7, 11) is -0.959. The third kappa shape index (κ3) is 1.06. The molecule has 4 rings (SSSR count). The molecule has 0 radical (unpaired) electrons. The van der Waals surface area contributed by atoms with Crippen LogP contribution in [0.15, 0.2) is 0 Å². The largest absolute Gasteiger partial charge is 0.313 e. The van der Waals surface area contributed by atoms with Crippen molar-refractivity contribution in [2.75, 3.05) is 0 Å². The molecule has 0 aromatic carbocycles. The summed E-state index contributed by atoms with van der Waals surface area (Å²) in [5.41, 5.74) is 1.58. The lowest BCUT2D eigenvalue weighted by molar-refractivity contribution is 0.398. The van der Waals surface area contributed by atoms with Crippen molar-refractivity contribution in [3.05, 3.63) is 0 Å². The maximum atomic E-state index is 6.70. The van der Waals surface area contributed by atoms with Gasteiger partial charge < -0.3 is 0 Å². The van der Waals surface area contributed by atoms with Gasteiger partial charge in [0.1, 0.15) is 0 Å². The highest BCUT2D eigenvalue weighted by atomic mass is 35.6. The third-order valence-corrected chi connectivity index (χ3v) is 15.3. The quantitative estimate of drug-likeness (QED) is 0.418. The van der Waals surface area contributed by atoms with E-state index in [-0.39, 0.29) is 8.80 Å². The van der Waals surface area contributed by atoms with E-state index in [0.717, 1.165) is 11.8 Å². The Morgan fingerprint density at radius 2 is 1.82 bits per heavy atom. The first kappa shape index (κ1) is 7.16. The maximum absolute atomic E-state index is 6.70. The van der Waals surface area contributed by atoms with Gasteiger partial charge in [0.25, 0.3) is 0 Å². The average molecular weight is 202 g/mol. The fourth-order valence-electron chi connectivity index (χ4n) is 3.70. The minimum Gasteiger partial charge on any atom is -0.164 e. The number of hydrogen-bond acceptors (Lipinski definition) is 0. The van der Waals surface area contributed by atoms with E-state index in [1.54, 1.807) is 24.2 Å². The van der Waals surface area contributed by atoms with E-state index in [4.69, 9.17) is 11.1 Å². The van der Waals surface area contributed by atoms with E-state index in [1.807, 2.05) is 0 Å². The number of hydrogen-bond donors (Lipinski definition) is 0. The fraction of sp³-hybridized carbons (Fsp3) is 1.00. The molecule has 4 heterocycles. The SMILES string of the molecule is Cl[Si]12C[C@@H]3C[C@@H](C[Si+](C3)C1)C2. The molecular weight excluding hydrogens is 188 g/mol. The van der Waals surface area contributed by atoms with Crippen LogP contribution in [0.1, 0.15) is 6.42 Å². The molecule has 0 amide bonds. The second-order valence-corrected chi connectivity index (χ2v) is 14.1. The Labute approximate surface area is 75.6 Å². The molecule has 0 aromatic rings. The molecule has 11 heavy (non-hydrogen) atoms. The highest BCUT2D eigenvalue weighted by molar-refractivity contribution is 7.24. The summed E-state index contributed by atoms with van der Waals surface area (Å²) in [6, 6.07) is 6.28. The molecule has 0 saturated carbocycles. The summed E-state index contributed by atoms with van der Waals surface area (Å²) < 4.78 is 0. The van der Waals surface area contributed by atoms with Crippen molar-refractivity contribution in [3.63, 3.8) is 0 Å². The van der Waals surface area contributed by atoms with Gasteiger partial charge in [0.2, 0.25) is 0 Å². The van der Waals surface area contributed by atoms with Crippen LogP contribution in [0.2, 0.25) is 29.8 Å². The zero-order valence-electron chi connectivity index (χ0n) is 6.78. The van der Waals surface area contributed by atoms with E-state index < -0.39 is 7.38 Å². The highest BCUT2D eigenvalue weighted by Crippen LogP contribution is 2.54. The van der Waals surface area contributed by atoms with Crippen molar-refractivity contribution < 1.29 is 0 Å². The molecule has 0 spiro atoms. The van der Waals surface area contributed by atoms with Crippen molar-refractivity contribution in [1.82, 2.24) is 0 Å². The minimum atomic E-state index is -1.08. The lowest BCUT2D eigenvalue weighted by Gasteiger charge is -2.45. The van der Waals surface area contributed by atoms with Gasteiger partial charge in [-0.1, -0.05) is 0 Å². The highest BCUT2D eigenvalue weighted by Gasteiger charge is 2.59. The standard InChI is InChI=1S/C8H14ClSi2/c9-11-4-7-1-8(5-11)3-10(2-7)6-11/h7-8H,1-6H2/q+1/t7-,8+,11?. The van der Waals surface area contributed by atoms with Gasteiger partial charge in [0.15, 0.2) is 7.38 Å². The van der Waals surface area contributed by atoms with E-state index in [1.165, 1.54) is 12.1 Å². The topological polar surface area (TPSA) is 0 Å². The predicted octanol–water partition coefficient (Wildman–Crippen LogP) is 2.87. The van der Waals surface area contributed by atoms with Crippen LogP contribution in [0.3, 0.4) is 0 Å². The maximum Gasteiger partial charge on any atom is 0.313 e. The molecule has 1 unspecified atom stereocenters. The molecule has 0 aliphatic carbocycles.